The summed E-state index contributed by atoms with van der Waals surface area (Å²) >= 11 is 6.22. The van der Waals surface area contributed by atoms with E-state index in [4.69, 9.17) is 16.7 Å². The molecular weight excluding hydrogens is 376 g/mol. The number of piperazine rings is 1. The zero-order valence-corrected chi connectivity index (χ0v) is 15.6. The van der Waals surface area contributed by atoms with E-state index < -0.39 is 16.0 Å². The Morgan fingerprint density at radius 1 is 1.04 bits per heavy atom. The molecule has 1 heterocycles. The van der Waals surface area contributed by atoms with Crippen LogP contribution in [-0.2, 0) is 21.2 Å². The van der Waals surface area contributed by atoms with E-state index in [1.165, 1.54) is 16.4 Å². The van der Waals surface area contributed by atoms with Gasteiger partial charge in [-0.25, -0.2) is 8.42 Å². The second kappa shape index (κ2) is 7.65. The van der Waals surface area contributed by atoms with Crippen molar-refractivity contribution >= 4 is 33.3 Å². The predicted molar refractivity (Wildman–Crippen MR) is 100 cm³/mol. The number of hydrogen-bond acceptors (Lipinski definition) is 4. The minimum atomic E-state index is -3.66. The Morgan fingerprint density at radius 3 is 2.38 bits per heavy atom. The molecule has 0 amide bonds. The molecule has 0 aliphatic carbocycles. The number of carbonyl (C=O) groups is 1. The van der Waals surface area contributed by atoms with Gasteiger partial charge in [-0.2, -0.15) is 4.31 Å². The standard InChI is InChI=1S/C18H19ClN2O4S/c19-16-6-1-2-7-17(16)20-8-10-21(11-9-20)26(24,25)15-5-3-4-14(12-15)13-18(22)23/h1-7,12H,8-11,13H2,(H,22,23). The number of halogens is 1. The maximum atomic E-state index is 12.9. The number of anilines is 1. The molecule has 6 nitrogen and oxygen atoms in total. The Morgan fingerprint density at radius 2 is 1.73 bits per heavy atom. The summed E-state index contributed by atoms with van der Waals surface area (Å²) < 4.78 is 27.2. The third kappa shape index (κ3) is 4.00. The van der Waals surface area contributed by atoms with Gasteiger partial charge in [-0.1, -0.05) is 35.9 Å². The van der Waals surface area contributed by atoms with Crippen molar-refractivity contribution in [2.45, 2.75) is 11.3 Å². The van der Waals surface area contributed by atoms with Gasteiger partial charge in [0.1, 0.15) is 0 Å². The van der Waals surface area contributed by atoms with Crippen LogP contribution >= 0.6 is 11.6 Å². The van der Waals surface area contributed by atoms with Crippen LogP contribution in [0.5, 0.6) is 0 Å². The Balaban J connectivity index is 1.74. The molecule has 138 valence electrons. The van der Waals surface area contributed by atoms with Crippen molar-refractivity contribution < 1.29 is 18.3 Å². The molecule has 8 heteroatoms. The highest BCUT2D eigenvalue weighted by Crippen LogP contribution is 2.27. The Labute approximate surface area is 157 Å². The highest BCUT2D eigenvalue weighted by molar-refractivity contribution is 7.89. The van der Waals surface area contributed by atoms with Crippen molar-refractivity contribution in [3.05, 3.63) is 59.1 Å². The monoisotopic (exact) mass is 394 g/mol. The van der Waals surface area contributed by atoms with E-state index in [1.54, 1.807) is 12.1 Å². The lowest BCUT2D eigenvalue weighted by Gasteiger charge is -2.35. The maximum Gasteiger partial charge on any atom is 0.307 e. The number of carboxylic acid groups (broad SMARTS) is 1. The Kier molecular flexibility index (Phi) is 5.50. The molecule has 0 bridgehead atoms. The normalized spacial score (nSPS) is 15.8. The van der Waals surface area contributed by atoms with Crippen LogP contribution in [0.2, 0.25) is 5.02 Å². The molecule has 3 rings (SSSR count). The summed E-state index contributed by atoms with van der Waals surface area (Å²) in [5.74, 6) is -0.993. The second-order valence-corrected chi connectivity index (χ2v) is 8.41. The van der Waals surface area contributed by atoms with Crippen molar-refractivity contribution in [3.63, 3.8) is 0 Å². The summed E-state index contributed by atoms with van der Waals surface area (Å²) in [4.78, 5) is 13.0. The molecule has 0 spiro atoms. The smallest absolute Gasteiger partial charge is 0.307 e. The third-order valence-corrected chi connectivity index (χ3v) is 6.54. The van der Waals surface area contributed by atoms with Crippen molar-refractivity contribution in [1.29, 1.82) is 0 Å². The first-order valence-corrected chi connectivity index (χ1v) is 10.00. The predicted octanol–water partition coefficient (Wildman–Crippen LogP) is 2.48. The fourth-order valence-electron chi connectivity index (χ4n) is 3.02. The number of sulfonamides is 1. The summed E-state index contributed by atoms with van der Waals surface area (Å²) in [5.41, 5.74) is 1.36. The number of benzene rings is 2. The fourth-order valence-corrected chi connectivity index (χ4v) is 4.77. The lowest BCUT2D eigenvalue weighted by Crippen LogP contribution is -2.48. The van der Waals surface area contributed by atoms with Crippen LogP contribution in [0.3, 0.4) is 0 Å². The molecule has 26 heavy (non-hydrogen) atoms. The van der Waals surface area contributed by atoms with Crippen LogP contribution in [0, 0.1) is 0 Å². The number of rotatable bonds is 5. The average Bonchev–Trinajstić information content (AvgIpc) is 2.62. The van der Waals surface area contributed by atoms with Crippen molar-refractivity contribution in [2.24, 2.45) is 0 Å². The molecule has 1 aliphatic heterocycles. The van der Waals surface area contributed by atoms with Gasteiger partial charge in [-0.05, 0) is 29.8 Å². The quantitative estimate of drug-likeness (QED) is 0.842. The molecular formula is C18H19ClN2O4S. The number of hydrogen-bond donors (Lipinski definition) is 1. The van der Waals surface area contributed by atoms with Crippen molar-refractivity contribution in [1.82, 2.24) is 4.31 Å². The van der Waals surface area contributed by atoms with E-state index in [2.05, 4.69) is 4.90 Å². The lowest BCUT2D eigenvalue weighted by molar-refractivity contribution is -0.136. The number of nitrogens with zero attached hydrogens (tertiary/aromatic N) is 2. The Hall–Kier alpha value is -2.09. The molecule has 0 radical (unpaired) electrons. The van der Waals surface area contributed by atoms with Gasteiger partial charge < -0.3 is 10.0 Å². The molecule has 1 N–H and O–H groups in total. The maximum absolute atomic E-state index is 12.9. The first-order chi connectivity index (χ1) is 12.4. The lowest BCUT2D eigenvalue weighted by atomic mass is 10.2. The zero-order valence-electron chi connectivity index (χ0n) is 14.0. The summed E-state index contributed by atoms with van der Waals surface area (Å²) in [6.45, 7) is 1.77. The first kappa shape index (κ1) is 18.7. The van der Waals surface area contributed by atoms with Crippen LogP contribution in [-0.4, -0.2) is 50.0 Å². The molecule has 1 fully saturated rings. The van der Waals surface area contributed by atoms with Gasteiger partial charge >= 0.3 is 5.97 Å². The van der Waals surface area contributed by atoms with E-state index >= 15 is 0 Å². The molecule has 0 aromatic heterocycles. The average molecular weight is 395 g/mol. The minimum Gasteiger partial charge on any atom is -0.481 e. The number of para-hydroxylation sites is 1. The third-order valence-electron chi connectivity index (χ3n) is 4.32. The summed E-state index contributed by atoms with van der Waals surface area (Å²) in [6.07, 6.45) is -0.205. The second-order valence-electron chi connectivity index (χ2n) is 6.06. The van der Waals surface area contributed by atoms with E-state index in [0.717, 1.165) is 5.69 Å². The summed E-state index contributed by atoms with van der Waals surface area (Å²) in [6, 6.07) is 13.6. The SMILES string of the molecule is O=C(O)Cc1cccc(S(=O)(=O)N2CCN(c3ccccc3Cl)CC2)c1. The number of aliphatic carboxylic acids is 1. The van der Waals surface area contributed by atoms with E-state index in [9.17, 15) is 13.2 Å². The molecule has 1 aliphatic rings. The van der Waals surface area contributed by atoms with Gasteiger partial charge in [0.2, 0.25) is 10.0 Å². The molecule has 2 aromatic carbocycles. The molecule has 0 saturated carbocycles. The van der Waals surface area contributed by atoms with Gasteiger partial charge in [0.15, 0.2) is 0 Å². The zero-order chi connectivity index (χ0) is 18.7. The topological polar surface area (TPSA) is 77.9 Å². The molecule has 1 saturated heterocycles. The van der Waals surface area contributed by atoms with Gasteiger partial charge in [0.05, 0.1) is 22.0 Å². The highest BCUT2D eigenvalue weighted by atomic mass is 35.5. The van der Waals surface area contributed by atoms with Crippen LogP contribution in [0.4, 0.5) is 5.69 Å². The van der Waals surface area contributed by atoms with Gasteiger partial charge in [-0.3, -0.25) is 4.79 Å². The van der Waals surface area contributed by atoms with Gasteiger partial charge in [-0.15, -0.1) is 0 Å². The van der Waals surface area contributed by atoms with Crippen molar-refractivity contribution in [3.8, 4) is 0 Å². The van der Waals surface area contributed by atoms with Crippen LogP contribution < -0.4 is 4.90 Å². The van der Waals surface area contributed by atoms with Crippen molar-refractivity contribution in [2.75, 3.05) is 31.1 Å². The Bertz CT molecular complexity index is 909. The molecule has 0 unspecified atom stereocenters. The van der Waals surface area contributed by atoms with E-state index in [-0.39, 0.29) is 11.3 Å². The molecule has 0 atom stereocenters. The van der Waals surface area contributed by atoms with Crippen LogP contribution in [0.15, 0.2) is 53.4 Å². The molecule has 2 aromatic rings. The van der Waals surface area contributed by atoms with Crippen LogP contribution in [0.25, 0.3) is 0 Å². The summed E-state index contributed by atoms with van der Waals surface area (Å²) in [5, 5.41) is 9.54. The largest absolute Gasteiger partial charge is 0.481 e. The minimum absolute atomic E-state index is 0.127. The first-order valence-electron chi connectivity index (χ1n) is 8.18. The number of carboxylic acids is 1. The van der Waals surface area contributed by atoms with Crippen LogP contribution in [0.1, 0.15) is 5.56 Å². The van der Waals surface area contributed by atoms with Gasteiger partial charge in [0, 0.05) is 26.2 Å². The van der Waals surface area contributed by atoms with Gasteiger partial charge in [0.25, 0.3) is 0 Å². The fraction of sp³-hybridized carbons (Fsp3) is 0.278. The highest BCUT2D eigenvalue weighted by Gasteiger charge is 2.29. The van der Waals surface area contributed by atoms with E-state index in [0.29, 0.717) is 36.8 Å². The summed E-state index contributed by atoms with van der Waals surface area (Å²) in [7, 11) is -3.66. The van der Waals surface area contributed by atoms with E-state index in [1.807, 2.05) is 24.3 Å².